The fourth-order valence-electron chi connectivity index (χ4n) is 1.11. The molecule has 0 aliphatic carbocycles. The molecule has 0 saturated heterocycles. The average Bonchev–Trinajstić information content (AvgIpc) is 2.23. The molecule has 1 atom stereocenters. The maximum atomic E-state index is 11.2. The van der Waals surface area contributed by atoms with Gasteiger partial charge in [-0.15, -0.1) is 0 Å². The number of hydrogen-bond acceptors (Lipinski definition) is 2. The van der Waals surface area contributed by atoms with Crippen LogP contribution in [0.3, 0.4) is 0 Å². The summed E-state index contributed by atoms with van der Waals surface area (Å²) in [5, 5.41) is 0.636. The van der Waals surface area contributed by atoms with Crippen molar-refractivity contribution in [3.05, 3.63) is 33.3 Å². The summed E-state index contributed by atoms with van der Waals surface area (Å²) >= 11 is 12.6. The van der Waals surface area contributed by atoms with Gasteiger partial charge in [0.25, 0.3) is 0 Å². The molecule has 0 fully saturated rings. The number of alkyl halides is 1. The second-order valence-electron chi connectivity index (χ2n) is 2.91. The Hall–Kier alpha value is -0.0600. The predicted molar refractivity (Wildman–Crippen MR) is 67.6 cm³/mol. The minimum absolute atomic E-state index is 0.290. The highest BCUT2D eigenvalue weighted by molar-refractivity contribution is 9.10. The van der Waals surface area contributed by atoms with Crippen molar-refractivity contribution in [1.82, 2.24) is 0 Å². The van der Waals surface area contributed by atoms with Gasteiger partial charge in [0.2, 0.25) is 0 Å². The first-order valence-corrected chi connectivity index (χ1v) is 6.29. The van der Waals surface area contributed by atoms with Crippen molar-refractivity contribution in [2.24, 2.45) is 0 Å². The van der Waals surface area contributed by atoms with Crippen LogP contribution in [0.15, 0.2) is 22.7 Å². The van der Waals surface area contributed by atoms with E-state index in [1.807, 2.05) is 12.1 Å². The second-order valence-corrected chi connectivity index (χ2v) is 5.21. The van der Waals surface area contributed by atoms with Crippen molar-refractivity contribution < 1.29 is 9.53 Å². The number of ether oxygens (including phenoxy) is 1. The van der Waals surface area contributed by atoms with Crippen LogP contribution in [0.5, 0.6) is 0 Å². The highest BCUT2D eigenvalue weighted by Gasteiger charge is 2.17. The molecule has 0 radical (unpaired) electrons. The quantitative estimate of drug-likeness (QED) is 0.611. The standard InChI is InChI=1S/C10H9Br2ClO2/c1-15-10(14)7(11)5-6-3-2-4-8(13)9(6)12/h2-4,7H,5H2,1H3. The van der Waals surface area contributed by atoms with Crippen molar-refractivity contribution in [3.8, 4) is 0 Å². The lowest BCUT2D eigenvalue weighted by Crippen LogP contribution is -2.18. The molecule has 82 valence electrons. The maximum absolute atomic E-state index is 11.2. The average molecular weight is 356 g/mol. The van der Waals surface area contributed by atoms with Crippen LogP contribution in [0.2, 0.25) is 5.02 Å². The van der Waals surface area contributed by atoms with E-state index in [4.69, 9.17) is 11.6 Å². The molecule has 0 bridgehead atoms. The fourth-order valence-corrected chi connectivity index (χ4v) is 2.27. The molecule has 0 N–H and O–H groups in total. The molecule has 2 nitrogen and oxygen atoms in total. The van der Waals surface area contributed by atoms with Crippen LogP contribution < -0.4 is 0 Å². The first-order valence-electron chi connectivity index (χ1n) is 4.21. The van der Waals surface area contributed by atoms with E-state index in [9.17, 15) is 4.79 Å². The minimum atomic E-state index is -0.350. The van der Waals surface area contributed by atoms with Crippen LogP contribution in [-0.4, -0.2) is 17.9 Å². The number of benzene rings is 1. The molecule has 0 amide bonds. The van der Waals surface area contributed by atoms with Gasteiger partial charge in [0.1, 0.15) is 4.83 Å². The van der Waals surface area contributed by atoms with Gasteiger partial charge in [-0.25, -0.2) is 0 Å². The Labute approximate surface area is 110 Å². The lowest BCUT2D eigenvalue weighted by atomic mass is 10.1. The van der Waals surface area contributed by atoms with Crippen LogP contribution in [0.1, 0.15) is 5.56 Å². The van der Waals surface area contributed by atoms with Gasteiger partial charge in [-0.3, -0.25) is 4.79 Å². The molecule has 0 spiro atoms. The summed E-state index contributed by atoms with van der Waals surface area (Å²) in [4.78, 5) is 10.8. The largest absolute Gasteiger partial charge is 0.468 e. The van der Waals surface area contributed by atoms with Gasteiger partial charge in [-0.05, 0) is 34.0 Å². The first-order chi connectivity index (χ1) is 7.06. The van der Waals surface area contributed by atoms with E-state index in [2.05, 4.69) is 36.6 Å². The monoisotopic (exact) mass is 354 g/mol. The predicted octanol–water partition coefficient (Wildman–Crippen LogP) is 3.58. The Kier molecular flexibility index (Phi) is 5.09. The second kappa shape index (κ2) is 5.87. The van der Waals surface area contributed by atoms with E-state index >= 15 is 0 Å². The van der Waals surface area contributed by atoms with E-state index in [0.29, 0.717) is 11.4 Å². The number of carbonyl (C=O) groups is 1. The zero-order valence-corrected chi connectivity index (χ0v) is 11.9. The Balaban J connectivity index is 2.81. The van der Waals surface area contributed by atoms with E-state index in [0.717, 1.165) is 10.0 Å². The minimum Gasteiger partial charge on any atom is -0.468 e. The third kappa shape index (κ3) is 3.47. The van der Waals surface area contributed by atoms with Crippen molar-refractivity contribution in [1.29, 1.82) is 0 Å². The topological polar surface area (TPSA) is 26.3 Å². The van der Waals surface area contributed by atoms with Crippen molar-refractivity contribution in [2.45, 2.75) is 11.2 Å². The Morgan fingerprint density at radius 1 is 1.60 bits per heavy atom. The Morgan fingerprint density at radius 3 is 2.87 bits per heavy atom. The van der Waals surface area contributed by atoms with Crippen LogP contribution in [0.25, 0.3) is 0 Å². The first kappa shape index (κ1) is 13.0. The van der Waals surface area contributed by atoms with E-state index < -0.39 is 0 Å². The smallest absolute Gasteiger partial charge is 0.319 e. The van der Waals surface area contributed by atoms with Crippen molar-refractivity contribution >= 4 is 49.4 Å². The van der Waals surface area contributed by atoms with Gasteiger partial charge in [0.05, 0.1) is 12.1 Å². The molecule has 15 heavy (non-hydrogen) atoms. The summed E-state index contributed by atoms with van der Waals surface area (Å²) in [6, 6.07) is 5.54. The van der Waals surface area contributed by atoms with E-state index in [1.165, 1.54) is 7.11 Å². The highest BCUT2D eigenvalue weighted by Crippen LogP contribution is 2.28. The Bertz CT molecular complexity index is 368. The molecule has 0 saturated carbocycles. The summed E-state index contributed by atoms with van der Waals surface area (Å²) in [5.41, 5.74) is 0.967. The molecule has 1 unspecified atom stereocenters. The molecule has 1 rings (SSSR count). The molecular formula is C10H9Br2ClO2. The van der Waals surface area contributed by atoms with Crippen LogP contribution >= 0.6 is 43.5 Å². The highest BCUT2D eigenvalue weighted by atomic mass is 79.9. The summed E-state index contributed by atoms with van der Waals surface area (Å²) in [7, 11) is 1.36. The molecule has 1 aromatic rings. The molecule has 0 aliphatic heterocycles. The molecule has 5 heteroatoms. The molecular weight excluding hydrogens is 347 g/mol. The zero-order valence-electron chi connectivity index (χ0n) is 7.97. The van der Waals surface area contributed by atoms with Crippen molar-refractivity contribution in [3.63, 3.8) is 0 Å². The summed E-state index contributed by atoms with van der Waals surface area (Å²) in [6.07, 6.45) is 0.536. The van der Waals surface area contributed by atoms with Crippen molar-refractivity contribution in [2.75, 3.05) is 7.11 Å². The van der Waals surface area contributed by atoms with Gasteiger partial charge in [-0.1, -0.05) is 39.7 Å². The third-order valence-corrected chi connectivity index (χ3v) is 4.06. The maximum Gasteiger partial charge on any atom is 0.319 e. The number of methoxy groups -OCH3 is 1. The summed E-state index contributed by atoms with van der Waals surface area (Å²) < 4.78 is 5.44. The summed E-state index contributed by atoms with van der Waals surface area (Å²) in [5.74, 6) is -0.290. The molecule has 1 aromatic carbocycles. The van der Waals surface area contributed by atoms with Crippen LogP contribution in [-0.2, 0) is 16.0 Å². The SMILES string of the molecule is COC(=O)C(Br)Cc1cccc(Cl)c1Br. The third-order valence-electron chi connectivity index (χ3n) is 1.89. The van der Waals surface area contributed by atoms with E-state index in [-0.39, 0.29) is 10.8 Å². The molecule has 0 heterocycles. The lowest BCUT2D eigenvalue weighted by molar-refractivity contribution is -0.139. The zero-order chi connectivity index (χ0) is 11.4. The van der Waals surface area contributed by atoms with E-state index in [1.54, 1.807) is 6.07 Å². The van der Waals surface area contributed by atoms with Crippen LogP contribution in [0, 0.1) is 0 Å². The normalized spacial score (nSPS) is 12.3. The number of esters is 1. The molecule has 0 aromatic heterocycles. The van der Waals surface area contributed by atoms with Gasteiger partial charge >= 0.3 is 5.97 Å². The molecule has 0 aliphatic rings. The van der Waals surface area contributed by atoms with Gasteiger partial charge in [0, 0.05) is 4.47 Å². The van der Waals surface area contributed by atoms with Gasteiger partial charge in [-0.2, -0.15) is 0 Å². The fraction of sp³-hybridized carbons (Fsp3) is 0.300. The van der Waals surface area contributed by atoms with Gasteiger partial charge in [0.15, 0.2) is 0 Å². The van der Waals surface area contributed by atoms with Crippen LogP contribution in [0.4, 0.5) is 0 Å². The summed E-state index contributed by atoms with van der Waals surface area (Å²) in [6.45, 7) is 0. The number of hydrogen-bond donors (Lipinski definition) is 0. The number of rotatable bonds is 3. The Morgan fingerprint density at radius 2 is 2.27 bits per heavy atom. The van der Waals surface area contributed by atoms with Gasteiger partial charge < -0.3 is 4.74 Å². The number of halogens is 3. The lowest BCUT2D eigenvalue weighted by Gasteiger charge is -2.09. The number of carbonyl (C=O) groups excluding carboxylic acids is 1.